The van der Waals surface area contributed by atoms with Gasteiger partial charge < -0.3 is 0 Å². The molecule has 0 saturated carbocycles. The highest BCUT2D eigenvalue weighted by molar-refractivity contribution is 6.15. The summed E-state index contributed by atoms with van der Waals surface area (Å²) in [4.78, 5) is 0. The number of hydrogen-bond acceptors (Lipinski definition) is 1. The molecule has 0 spiro atoms. The first-order chi connectivity index (χ1) is 4.86. The number of rotatable bonds is 0. The van der Waals surface area contributed by atoms with E-state index in [9.17, 15) is 0 Å². The molecule has 0 unspecified atom stereocenters. The van der Waals surface area contributed by atoms with Crippen molar-refractivity contribution in [2.45, 2.75) is 13.1 Å². The van der Waals surface area contributed by atoms with Crippen LogP contribution in [-0.2, 0) is 13.1 Å². The molecule has 0 amide bonds. The standard InChI is InChI=1S/C8H8ClN/c9-10-5-7-3-1-2-4-8(7)6-10/h1-4H,5-6H2/q+1. The zero-order chi connectivity index (χ0) is 6.97. The van der Waals surface area contributed by atoms with Gasteiger partial charge in [-0.15, -0.1) is 0 Å². The maximum Gasteiger partial charge on any atom is 0.226 e. The zero-order valence-electron chi connectivity index (χ0n) is 5.55. The lowest BCUT2D eigenvalue weighted by atomic mass is 10.1. The van der Waals surface area contributed by atoms with Crippen molar-refractivity contribution in [1.82, 2.24) is 4.42 Å². The minimum Gasteiger partial charge on any atom is -0.0617 e. The summed E-state index contributed by atoms with van der Waals surface area (Å²) >= 11 is 5.81. The van der Waals surface area contributed by atoms with E-state index in [1.54, 1.807) is 4.42 Å². The molecule has 1 aliphatic rings. The van der Waals surface area contributed by atoms with E-state index in [1.807, 2.05) is 0 Å². The Morgan fingerprint density at radius 1 is 1.10 bits per heavy atom. The van der Waals surface area contributed by atoms with Crippen molar-refractivity contribution >= 4 is 11.8 Å². The molecule has 10 heavy (non-hydrogen) atoms. The molecule has 2 heteroatoms. The van der Waals surface area contributed by atoms with E-state index in [0.717, 1.165) is 13.1 Å². The first-order valence-electron chi connectivity index (χ1n) is 3.34. The van der Waals surface area contributed by atoms with Gasteiger partial charge in [0.1, 0.15) is 0 Å². The molecule has 1 aliphatic heterocycles. The largest absolute Gasteiger partial charge is 0.226 e. The Kier molecular flexibility index (Phi) is 1.40. The summed E-state index contributed by atoms with van der Waals surface area (Å²) in [5.74, 6) is 0. The second-order valence-corrected chi connectivity index (χ2v) is 3.03. The number of hydrogen-bond donors (Lipinski definition) is 0. The Morgan fingerprint density at radius 3 is 2.10 bits per heavy atom. The van der Waals surface area contributed by atoms with Crippen molar-refractivity contribution in [3.63, 3.8) is 0 Å². The topological polar surface area (TPSA) is 5.90 Å². The third-order valence-corrected chi connectivity index (χ3v) is 2.04. The van der Waals surface area contributed by atoms with Gasteiger partial charge in [0.2, 0.25) is 11.8 Å². The highest BCUT2D eigenvalue weighted by atomic mass is 35.5. The third kappa shape index (κ3) is 0.917. The Balaban J connectivity index is 2.42. The van der Waals surface area contributed by atoms with Crippen molar-refractivity contribution in [2.75, 3.05) is 0 Å². The zero-order valence-corrected chi connectivity index (χ0v) is 6.30. The van der Waals surface area contributed by atoms with Crippen LogP contribution < -0.4 is 4.42 Å². The summed E-state index contributed by atoms with van der Waals surface area (Å²) in [6.07, 6.45) is 0. The molecule has 1 heterocycles. The van der Waals surface area contributed by atoms with E-state index >= 15 is 0 Å². The van der Waals surface area contributed by atoms with Crippen LogP contribution >= 0.6 is 11.8 Å². The molecule has 1 radical (unpaired) electrons. The smallest absolute Gasteiger partial charge is 0.0617 e. The Morgan fingerprint density at radius 2 is 1.60 bits per heavy atom. The van der Waals surface area contributed by atoms with Gasteiger partial charge in [-0.05, 0) is 4.42 Å². The van der Waals surface area contributed by atoms with E-state index in [2.05, 4.69) is 24.3 Å². The van der Waals surface area contributed by atoms with Crippen LogP contribution in [0.25, 0.3) is 0 Å². The second kappa shape index (κ2) is 2.26. The van der Waals surface area contributed by atoms with E-state index in [0.29, 0.717) is 0 Å². The lowest BCUT2D eigenvalue weighted by Crippen LogP contribution is -2.06. The summed E-state index contributed by atoms with van der Waals surface area (Å²) < 4.78 is 1.80. The van der Waals surface area contributed by atoms with Crippen LogP contribution in [0.4, 0.5) is 0 Å². The Labute approximate surface area is 65.3 Å². The Bertz CT molecular complexity index is 222. The monoisotopic (exact) mass is 153 g/mol. The molecule has 0 fully saturated rings. The molecule has 51 valence electrons. The average Bonchev–Trinajstić information content (AvgIpc) is 2.27. The molecule has 0 atom stereocenters. The van der Waals surface area contributed by atoms with E-state index in [1.165, 1.54) is 11.1 Å². The van der Waals surface area contributed by atoms with Crippen LogP contribution in [0.1, 0.15) is 11.1 Å². The molecule has 2 rings (SSSR count). The normalized spacial score (nSPS) is 17.3. The fourth-order valence-corrected chi connectivity index (χ4v) is 1.55. The molecule has 1 aromatic rings. The van der Waals surface area contributed by atoms with Crippen LogP contribution in [0.5, 0.6) is 0 Å². The van der Waals surface area contributed by atoms with Gasteiger partial charge in [-0.2, -0.15) is 0 Å². The third-order valence-electron chi connectivity index (χ3n) is 1.80. The SMILES string of the molecule is Cl[N+]1Cc2ccccc2C1. The summed E-state index contributed by atoms with van der Waals surface area (Å²) in [5, 5.41) is 0. The van der Waals surface area contributed by atoms with Gasteiger partial charge in [-0.3, -0.25) is 0 Å². The van der Waals surface area contributed by atoms with E-state index in [-0.39, 0.29) is 0 Å². The maximum absolute atomic E-state index is 5.81. The second-order valence-electron chi connectivity index (χ2n) is 2.55. The van der Waals surface area contributed by atoms with E-state index < -0.39 is 0 Å². The predicted molar refractivity (Wildman–Crippen MR) is 41.8 cm³/mol. The molecule has 1 aromatic carbocycles. The first-order valence-corrected chi connectivity index (χ1v) is 3.67. The van der Waals surface area contributed by atoms with E-state index in [4.69, 9.17) is 11.8 Å². The minimum atomic E-state index is 0.887. The number of fused-ring (bicyclic) bond motifs is 1. The quantitative estimate of drug-likeness (QED) is 0.503. The fourth-order valence-electron chi connectivity index (χ4n) is 1.29. The van der Waals surface area contributed by atoms with Crippen LogP contribution in [0.2, 0.25) is 0 Å². The molecular formula is C8H8ClN+. The summed E-state index contributed by atoms with van der Waals surface area (Å²) in [7, 11) is 0. The van der Waals surface area contributed by atoms with Gasteiger partial charge in [-0.25, -0.2) is 0 Å². The lowest BCUT2D eigenvalue weighted by molar-refractivity contribution is 0.649. The molecule has 0 bridgehead atoms. The summed E-state index contributed by atoms with van der Waals surface area (Å²) in [6.45, 7) is 1.77. The van der Waals surface area contributed by atoms with Crippen molar-refractivity contribution in [1.29, 1.82) is 0 Å². The van der Waals surface area contributed by atoms with Crippen molar-refractivity contribution in [3.8, 4) is 0 Å². The molecular weight excluding hydrogens is 146 g/mol. The van der Waals surface area contributed by atoms with Crippen LogP contribution in [0.3, 0.4) is 0 Å². The highest BCUT2D eigenvalue weighted by Crippen LogP contribution is 2.20. The Hall–Kier alpha value is -0.530. The summed E-state index contributed by atoms with van der Waals surface area (Å²) in [6, 6.07) is 8.35. The molecule has 0 aliphatic carbocycles. The van der Waals surface area contributed by atoms with Gasteiger partial charge in [0.05, 0.1) is 0 Å². The number of benzene rings is 1. The number of nitrogens with zero attached hydrogens (tertiary/aromatic N) is 1. The van der Waals surface area contributed by atoms with Crippen molar-refractivity contribution in [2.24, 2.45) is 0 Å². The fraction of sp³-hybridized carbons (Fsp3) is 0.250. The van der Waals surface area contributed by atoms with Gasteiger partial charge in [-0.1, -0.05) is 24.3 Å². The van der Waals surface area contributed by atoms with Crippen molar-refractivity contribution < 1.29 is 0 Å². The summed E-state index contributed by atoms with van der Waals surface area (Å²) in [5.41, 5.74) is 2.72. The van der Waals surface area contributed by atoms with Crippen LogP contribution in [-0.4, -0.2) is 0 Å². The molecule has 0 N–H and O–H groups in total. The average molecular weight is 154 g/mol. The first kappa shape index (κ1) is 6.20. The highest BCUT2D eigenvalue weighted by Gasteiger charge is 2.25. The van der Waals surface area contributed by atoms with Crippen LogP contribution in [0, 0.1) is 0 Å². The molecule has 0 saturated heterocycles. The lowest BCUT2D eigenvalue weighted by Gasteiger charge is -1.87. The van der Waals surface area contributed by atoms with Gasteiger partial charge >= 0.3 is 0 Å². The maximum atomic E-state index is 5.81. The molecule has 0 aromatic heterocycles. The van der Waals surface area contributed by atoms with Crippen molar-refractivity contribution in [3.05, 3.63) is 35.4 Å². The van der Waals surface area contributed by atoms with Crippen LogP contribution in [0.15, 0.2) is 24.3 Å². The van der Waals surface area contributed by atoms with Gasteiger partial charge in [0.25, 0.3) is 0 Å². The predicted octanol–water partition coefficient (Wildman–Crippen LogP) is 1.99. The minimum absolute atomic E-state index is 0.887. The van der Waals surface area contributed by atoms with Gasteiger partial charge in [0, 0.05) is 11.1 Å². The molecule has 1 nitrogen and oxygen atoms in total. The van der Waals surface area contributed by atoms with Gasteiger partial charge in [0.15, 0.2) is 13.1 Å². The number of halogens is 1.